The lowest BCUT2D eigenvalue weighted by Gasteiger charge is -2.12. The van der Waals surface area contributed by atoms with Gasteiger partial charge in [0.05, 0.1) is 13.1 Å². The molecule has 19 heavy (non-hydrogen) atoms. The normalized spacial score (nSPS) is 12.1. The fraction of sp³-hybridized carbons (Fsp3) is 1.00. The first-order valence-corrected chi connectivity index (χ1v) is 7.11. The van der Waals surface area contributed by atoms with Gasteiger partial charge in [-0.25, -0.2) is 5.21 Å². The van der Waals surface area contributed by atoms with E-state index in [0.29, 0.717) is 24.6 Å². The van der Waals surface area contributed by atoms with Gasteiger partial charge in [0.15, 0.2) is 0 Å². The molecule has 0 aliphatic carbocycles. The van der Waals surface area contributed by atoms with Crippen LogP contribution in [-0.4, -0.2) is 53.1 Å². The molecule has 0 heterocycles. The highest BCUT2D eigenvalue weighted by Gasteiger charge is 2.16. The van der Waals surface area contributed by atoms with Gasteiger partial charge < -0.3 is 16.3 Å². The molecule has 114 valence electrons. The highest BCUT2D eigenvalue weighted by Crippen LogP contribution is 2.01. The van der Waals surface area contributed by atoms with Crippen LogP contribution >= 0.6 is 0 Å². The van der Waals surface area contributed by atoms with Crippen molar-refractivity contribution >= 4 is 0 Å². The third-order valence-corrected chi connectivity index (χ3v) is 2.86. The molecule has 0 fully saturated rings. The van der Waals surface area contributed by atoms with Gasteiger partial charge in [0.1, 0.15) is 0 Å². The first-order valence-electron chi connectivity index (χ1n) is 7.11. The molecule has 0 atom stereocenters. The molecule has 0 saturated carbocycles. The maximum Gasteiger partial charge on any atom is 0.271 e. The van der Waals surface area contributed by atoms with Crippen LogP contribution in [0.3, 0.4) is 0 Å². The second-order valence-corrected chi connectivity index (χ2v) is 5.09. The van der Waals surface area contributed by atoms with Gasteiger partial charge in [-0.15, -0.1) is 5.01 Å². The van der Waals surface area contributed by atoms with Crippen LogP contribution in [0.15, 0.2) is 5.28 Å². The highest BCUT2D eigenvalue weighted by atomic mass is 16.6. The molecule has 0 rings (SSSR count). The average molecular weight is 276 g/mol. The summed E-state index contributed by atoms with van der Waals surface area (Å²) in [5.74, 6) is 0.752. The number of hydrogen-bond donors (Lipinski definition) is 4. The third kappa shape index (κ3) is 10.5. The Kier molecular flexibility index (Phi) is 11.3. The number of nitrogens with zero attached hydrogens (tertiary/aromatic N) is 3. The van der Waals surface area contributed by atoms with Crippen LogP contribution in [-0.2, 0) is 0 Å². The lowest BCUT2D eigenvalue weighted by Crippen LogP contribution is -2.36. The van der Waals surface area contributed by atoms with E-state index in [1.165, 1.54) is 12.8 Å². The molecule has 0 unspecified atom stereocenters. The molecule has 0 spiro atoms. The minimum absolute atomic E-state index is 0.481. The second-order valence-electron chi connectivity index (χ2n) is 5.09. The summed E-state index contributed by atoms with van der Waals surface area (Å²) < 4.78 is 0. The van der Waals surface area contributed by atoms with Crippen molar-refractivity contribution in [2.45, 2.75) is 39.5 Å². The Hall–Kier alpha value is -1.08. The van der Waals surface area contributed by atoms with E-state index in [1.54, 1.807) is 5.01 Å². The monoisotopic (exact) mass is 276 g/mol. The van der Waals surface area contributed by atoms with Gasteiger partial charge in [-0.2, -0.15) is 0 Å². The topological polar surface area (TPSA) is 97.1 Å². The molecule has 7 heteroatoms. The molecule has 5 N–H and O–H groups in total. The predicted octanol–water partition coefficient (Wildman–Crippen LogP) is 1.21. The summed E-state index contributed by atoms with van der Waals surface area (Å²) in [6, 6.07) is 0. The Morgan fingerprint density at radius 3 is 2.42 bits per heavy atom. The predicted molar refractivity (Wildman–Crippen MR) is 73.1 cm³/mol. The molecular formula is C12H30N5O2+. The maximum atomic E-state index is 9.33. The molecule has 0 bridgehead atoms. The summed E-state index contributed by atoms with van der Waals surface area (Å²) in [5.41, 5.74) is 5.42. The van der Waals surface area contributed by atoms with E-state index in [2.05, 4.69) is 24.4 Å². The third-order valence-electron chi connectivity index (χ3n) is 2.86. The van der Waals surface area contributed by atoms with E-state index < -0.39 is 0 Å². The molecular weight excluding hydrogens is 246 g/mol. The quantitative estimate of drug-likeness (QED) is 0.186. The standard InChI is InChI=1S/C12H29N5O2/c1-12(2)6-3-8-14-9-5-11-16(10-4-7-13)17(19)15-18/h12,14,19H,3-11,13H2,1-2H3/p+1. The fourth-order valence-corrected chi connectivity index (χ4v) is 1.77. The summed E-state index contributed by atoms with van der Waals surface area (Å²) in [7, 11) is 0. The van der Waals surface area contributed by atoms with Crippen molar-refractivity contribution < 1.29 is 15.4 Å². The van der Waals surface area contributed by atoms with Crippen molar-refractivity contribution in [3.63, 3.8) is 0 Å². The summed E-state index contributed by atoms with van der Waals surface area (Å²) in [6.45, 7) is 8.10. The van der Waals surface area contributed by atoms with Crippen LogP contribution in [0.25, 0.3) is 0 Å². The minimum atomic E-state index is 0.481. The summed E-state index contributed by atoms with van der Waals surface area (Å²) in [5, 5.41) is 25.5. The minimum Gasteiger partial charge on any atom is -0.357 e. The molecule has 0 aliphatic heterocycles. The van der Waals surface area contributed by atoms with Crippen molar-refractivity contribution in [3.05, 3.63) is 0 Å². The molecule has 0 aromatic carbocycles. The zero-order valence-corrected chi connectivity index (χ0v) is 12.3. The Morgan fingerprint density at radius 1 is 1.21 bits per heavy atom. The zero-order valence-electron chi connectivity index (χ0n) is 12.3. The van der Waals surface area contributed by atoms with E-state index in [1.807, 2.05) is 0 Å². The van der Waals surface area contributed by atoms with Gasteiger partial charge in [-0.3, -0.25) is 0 Å². The lowest BCUT2D eigenvalue weighted by molar-refractivity contribution is -0.941. The van der Waals surface area contributed by atoms with Crippen molar-refractivity contribution in [1.29, 1.82) is 0 Å². The van der Waals surface area contributed by atoms with E-state index in [9.17, 15) is 5.21 Å². The zero-order chi connectivity index (χ0) is 14.5. The average Bonchev–Trinajstić information content (AvgIpc) is 2.39. The number of hydrazine groups is 1. The van der Waals surface area contributed by atoms with Crippen LogP contribution in [0.4, 0.5) is 0 Å². The van der Waals surface area contributed by atoms with Gasteiger partial charge in [-0.05, 0) is 51.2 Å². The summed E-state index contributed by atoms with van der Waals surface area (Å²) in [6.07, 6.45) is 4.04. The van der Waals surface area contributed by atoms with Gasteiger partial charge in [0.25, 0.3) is 10.2 Å². The largest absolute Gasteiger partial charge is 0.357 e. The van der Waals surface area contributed by atoms with Crippen LogP contribution < -0.4 is 11.1 Å². The van der Waals surface area contributed by atoms with Crippen molar-refractivity contribution in [2.75, 3.05) is 32.7 Å². The summed E-state index contributed by atoms with van der Waals surface area (Å²) in [4.78, 5) is 0.481. The van der Waals surface area contributed by atoms with E-state index in [0.717, 1.165) is 31.8 Å². The van der Waals surface area contributed by atoms with Crippen molar-refractivity contribution in [2.24, 2.45) is 16.9 Å². The van der Waals surface area contributed by atoms with Crippen LogP contribution in [0.5, 0.6) is 0 Å². The Labute approximate surface area is 116 Å². The molecule has 0 saturated heterocycles. The molecule has 0 aromatic rings. The smallest absolute Gasteiger partial charge is 0.271 e. The van der Waals surface area contributed by atoms with Crippen molar-refractivity contribution in [1.82, 2.24) is 10.3 Å². The number of hydrogen-bond acceptors (Lipinski definition) is 3. The number of nitrogens with one attached hydrogen (secondary N) is 1. The number of rotatable bonds is 12. The second kappa shape index (κ2) is 12.0. The number of nitrogens with two attached hydrogens (primary N) is 1. The van der Waals surface area contributed by atoms with E-state index >= 15 is 0 Å². The van der Waals surface area contributed by atoms with Gasteiger partial charge in [0, 0.05) is 0 Å². The van der Waals surface area contributed by atoms with Gasteiger partial charge in [0.2, 0.25) is 0 Å². The lowest BCUT2D eigenvalue weighted by atomic mass is 10.1. The van der Waals surface area contributed by atoms with E-state index in [-0.39, 0.29) is 0 Å². The Bertz CT molecular complexity index is 236. The molecule has 0 aliphatic rings. The molecule has 0 aromatic heterocycles. The van der Waals surface area contributed by atoms with Crippen molar-refractivity contribution in [3.8, 4) is 0 Å². The van der Waals surface area contributed by atoms with Gasteiger partial charge >= 0.3 is 0 Å². The summed E-state index contributed by atoms with van der Waals surface area (Å²) >= 11 is 0. The molecule has 0 amide bonds. The first kappa shape index (κ1) is 17.9. The fourth-order valence-electron chi connectivity index (χ4n) is 1.77. The SMILES string of the molecule is CC(C)CCCNCCCN(CCCN)/[N+](O)=N/O. The van der Waals surface area contributed by atoms with Crippen LogP contribution in [0.2, 0.25) is 0 Å². The molecule has 7 nitrogen and oxygen atoms in total. The van der Waals surface area contributed by atoms with Gasteiger partial charge in [-0.1, -0.05) is 13.8 Å². The Morgan fingerprint density at radius 2 is 1.84 bits per heavy atom. The maximum absolute atomic E-state index is 9.33. The molecule has 0 radical (unpaired) electrons. The van der Waals surface area contributed by atoms with Crippen LogP contribution in [0, 0.1) is 5.92 Å². The first-order chi connectivity index (χ1) is 9.11. The highest BCUT2D eigenvalue weighted by molar-refractivity contribution is 4.53. The van der Waals surface area contributed by atoms with Crippen LogP contribution in [0.1, 0.15) is 39.5 Å². The van der Waals surface area contributed by atoms with E-state index in [4.69, 9.17) is 10.9 Å². The Balaban J connectivity index is 3.63.